The molecule has 4 aromatic rings. The van der Waals surface area contributed by atoms with Gasteiger partial charge >= 0.3 is 0 Å². The minimum absolute atomic E-state index is 0.00376. The van der Waals surface area contributed by atoms with Crippen LogP contribution in [0.25, 0.3) is 10.9 Å². The van der Waals surface area contributed by atoms with Crippen molar-refractivity contribution in [2.75, 3.05) is 13.7 Å². The van der Waals surface area contributed by atoms with Crippen LogP contribution in [0.15, 0.2) is 72.2 Å². The molecule has 0 spiro atoms. The topological polar surface area (TPSA) is 45.3 Å². The van der Waals surface area contributed by atoms with E-state index in [9.17, 15) is 4.79 Å². The number of para-hydroxylation sites is 1. The normalized spacial score (nSPS) is 12.1. The van der Waals surface area contributed by atoms with Crippen molar-refractivity contribution in [2.24, 2.45) is 0 Å². The van der Waals surface area contributed by atoms with Gasteiger partial charge in [-0.05, 0) is 36.6 Å². The monoisotopic (exact) mass is 390 g/mol. The molecule has 0 aliphatic carbocycles. The summed E-state index contributed by atoms with van der Waals surface area (Å²) in [5, 5.41) is 3.16. The van der Waals surface area contributed by atoms with Gasteiger partial charge < -0.3 is 14.6 Å². The summed E-state index contributed by atoms with van der Waals surface area (Å²) in [5.41, 5.74) is 3.31. The van der Waals surface area contributed by atoms with Crippen LogP contribution in [0.5, 0.6) is 5.75 Å². The van der Waals surface area contributed by atoms with Crippen molar-refractivity contribution < 1.29 is 9.53 Å². The molecule has 0 saturated carbocycles. The first-order valence-corrected chi connectivity index (χ1v) is 10.1. The first kappa shape index (κ1) is 18.3. The average molecular weight is 391 g/mol. The molecule has 4 rings (SSSR count). The fourth-order valence-electron chi connectivity index (χ4n) is 3.35. The number of H-pyrrole nitrogens is 1. The number of likely N-dealkylation sites (N-methyl/N-ethyl adjacent to an activating group) is 1. The summed E-state index contributed by atoms with van der Waals surface area (Å²) < 4.78 is 5.72. The van der Waals surface area contributed by atoms with E-state index in [0.717, 1.165) is 26.9 Å². The van der Waals surface area contributed by atoms with E-state index in [1.54, 1.807) is 16.2 Å². The Balaban J connectivity index is 1.59. The molecule has 0 aliphatic heterocycles. The molecule has 28 heavy (non-hydrogen) atoms. The Kier molecular flexibility index (Phi) is 5.17. The lowest BCUT2D eigenvalue weighted by molar-refractivity contribution is -0.133. The maximum absolute atomic E-state index is 12.9. The zero-order valence-corrected chi connectivity index (χ0v) is 16.7. The molecule has 0 saturated heterocycles. The van der Waals surface area contributed by atoms with Gasteiger partial charge in [0.2, 0.25) is 0 Å². The van der Waals surface area contributed by atoms with Gasteiger partial charge in [-0.15, -0.1) is 11.3 Å². The first-order valence-electron chi connectivity index (χ1n) is 9.18. The van der Waals surface area contributed by atoms with E-state index in [4.69, 9.17) is 4.74 Å². The van der Waals surface area contributed by atoms with Crippen LogP contribution in [-0.4, -0.2) is 29.4 Å². The summed E-state index contributed by atoms with van der Waals surface area (Å²) in [6.07, 6.45) is 2.00. The molecule has 1 amide bonds. The molecule has 0 radical (unpaired) electrons. The van der Waals surface area contributed by atoms with E-state index < -0.39 is 0 Å². The number of benzene rings is 2. The number of thiophene rings is 1. The second-order valence-corrected chi connectivity index (χ2v) is 7.79. The van der Waals surface area contributed by atoms with Crippen LogP contribution in [0.3, 0.4) is 0 Å². The van der Waals surface area contributed by atoms with E-state index in [0.29, 0.717) is 5.75 Å². The van der Waals surface area contributed by atoms with Crippen molar-refractivity contribution in [2.45, 2.75) is 13.0 Å². The number of ether oxygens (including phenoxy) is 1. The zero-order valence-electron chi connectivity index (χ0n) is 15.9. The quantitative estimate of drug-likeness (QED) is 0.494. The molecule has 142 valence electrons. The van der Waals surface area contributed by atoms with Crippen molar-refractivity contribution in [1.82, 2.24) is 9.88 Å². The van der Waals surface area contributed by atoms with E-state index in [1.807, 2.05) is 74.1 Å². The molecular weight excluding hydrogens is 368 g/mol. The van der Waals surface area contributed by atoms with Crippen LogP contribution in [0.2, 0.25) is 0 Å². The second-order valence-electron chi connectivity index (χ2n) is 6.81. The van der Waals surface area contributed by atoms with Gasteiger partial charge in [-0.2, -0.15) is 0 Å². The maximum atomic E-state index is 12.9. The standard InChI is InChI=1S/C23H22N2O2S/c1-16-9-11-17(12-10-16)27-15-22(26)25(2)23(21-8-5-13-28-21)19-14-24-20-7-4-3-6-18(19)20/h3-14,23-24H,15H2,1-2H3/t23-/m1/s1. The number of hydrogen-bond donors (Lipinski definition) is 1. The smallest absolute Gasteiger partial charge is 0.261 e. The van der Waals surface area contributed by atoms with Crippen molar-refractivity contribution >= 4 is 28.1 Å². The van der Waals surface area contributed by atoms with Crippen LogP contribution in [0.1, 0.15) is 22.0 Å². The molecular formula is C23H22N2O2S. The van der Waals surface area contributed by atoms with Gasteiger partial charge in [-0.1, -0.05) is 42.0 Å². The number of nitrogens with one attached hydrogen (secondary N) is 1. The highest BCUT2D eigenvalue weighted by molar-refractivity contribution is 7.10. The van der Waals surface area contributed by atoms with E-state index in [2.05, 4.69) is 17.1 Å². The molecule has 4 nitrogen and oxygen atoms in total. The highest BCUT2D eigenvalue weighted by atomic mass is 32.1. The average Bonchev–Trinajstić information content (AvgIpc) is 3.38. The van der Waals surface area contributed by atoms with Crippen LogP contribution in [0.4, 0.5) is 0 Å². The van der Waals surface area contributed by atoms with Gasteiger partial charge in [-0.25, -0.2) is 0 Å². The summed E-state index contributed by atoms with van der Waals surface area (Å²) in [5.74, 6) is 0.636. The third-order valence-corrected chi connectivity index (χ3v) is 5.82. The number of carbonyl (C=O) groups is 1. The number of rotatable bonds is 6. The van der Waals surface area contributed by atoms with Crippen molar-refractivity contribution in [3.63, 3.8) is 0 Å². The summed E-state index contributed by atoms with van der Waals surface area (Å²) in [4.78, 5) is 19.2. The number of amides is 1. The van der Waals surface area contributed by atoms with Gasteiger partial charge in [0, 0.05) is 34.6 Å². The van der Waals surface area contributed by atoms with Gasteiger partial charge in [0.15, 0.2) is 6.61 Å². The highest BCUT2D eigenvalue weighted by Crippen LogP contribution is 2.35. The largest absolute Gasteiger partial charge is 0.484 e. The number of fused-ring (bicyclic) bond motifs is 1. The first-order chi connectivity index (χ1) is 13.6. The number of aromatic nitrogens is 1. The molecule has 2 aromatic heterocycles. The Morgan fingerprint density at radius 3 is 2.64 bits per heavy atom. The van der Waals surface area contributed by atoms with Gasteiger partial charge in [0.1, 0.15) is 5.75 Å². The summed E-state index contributed by atoms with van der Waals surface area (Å²) in [6.45, 7) is 2.03. The van der Waals surface area contributed by atoms with Crippen LogP contribution >= 0.6 is 11.3 Å². The molecule has 0 unspecified atom stereocenters. The Morgan fingerprint density at radius 1 is 1.11 bits per heavy atom. The molecule has 0 bridgehead atoms. The van der Waals surface area contributed by atoms with Crippen LogP contribution < -0.4 is 4.74 Å². The predicted molar refractivity (Wildman–Crippen MR) is 114 cm³/mol. The zero-order chi connectivity index (χ0) is 19.5. The van der Waals surface area contributed by atoms with Crippen LogP contribution in [0, 0.1) is 6.92 Å². The second kappa shape index (κ2) is 7.90. The lowest BCUT2D eigenvalue weighted by Crippen LogP contribution is -2.35. The third kappa shape index (κ3) is 3.66. The van der Waals surface area contributed by atoms with Crippen molar-refractivity contribution in [3.05, 3.63) is 88.2 Å². The van der Waals surface area contributed by atoms with Gasteiger partial charge in [-0.3, -0.25) is 4.79 Å². The molecule has 0 fully saturated rings. The number of hydrogen-bond acceptors (Lipinski definition) is 3. The number of aromatic amines is 1. The predicted octanol–water partition coefficient (Wildman–Crippen LogP) is 5.16. The SMILES string of the molecule is Cc1ccc(OCC(=O)N(C)[C@@H](c2cccs2)c2c[nH]c3ccccc23)cc1. The lowest BCUT2D eigenvalue weighted by Gasteiger charge is -2.27. The number of nitrogens with zero attached hydrogens (tertiary/aromatic N) is 1. The lowest BCUT2D eigenvalue weighted by atomic mass is 10.0. The summed E-state index contributed by atoms with van der Waals surface area (Å²) in [6, 6.07) is 19.8. The molecule has 2 aromatic carbocycles. The number of aryl methyl sites for hydroxylation is 1. The minimum Gasteiger partial charge on any atom is -0.484 e. The molecule has 0 aliphatic rings. The highest BCUT2D eigenvalue weighted by Gasteiger charge is 2.27. The Morgan fingerprint density at radius 2 is 1.89 bits per heavy atom. The van der Waals surface area contributed by atoms with Crippen molar-refractivity contribution in [3.8, 4) is 5.75 Å². The Labute approximate surface area is 168 Å². The Bertz CT molecular complexity index is 1070. The fourth-order valence-corrected chi connectivity index (χ4v) is 4.23. The minimum atomic E-state index is -0.162. The van der Waals surface area contributed by atoms with E-state index >= 15 is 0 Å². The molecule has 1 N–H and O–H groups in total. The van der Waals surface area contributed by atoms with E-state index in [1.165, 1.54) is 0 Å². The van der Waals surface area contributed by atoms with Gasteiger partial charge in [0.25, 0.3) is 5.91 Å². The molecule has 5 heteroatoms. The maximum Gasteiger partial charge on any atom is 0.261 e. The van der Waals surface area contributed by atoms with E-state index in [-0.39, 0.29) is 18.6 Å². The molecule has 2 heterocycles. The summed E-state index contributed by atoms with van der Waals surface area (Å²) >= 11 is 1.65. The third-order valence-electron chi connectivity index (χ3n) is 4.89. The van der Waals surface area contributed by atoms with Crippen molar-refractivity contribution in [1.29, 1.82) is 0 Å². The van der Waals surface area contributed by atoms with Gasteiger partial charge in [0.05, 0.1) is 6.04 Å². The molecule has 1 atom stereocenters. The Hall–Kier alpha value is -3.05. The summed E-state index contributed by atoms with van der Waals surface area (Å²) in [7, 11) is 1.84. The number of carbonyl (C=O) groups excluding carboxylic acids is 1. The fraction of sp³-hybridized carbons (Fsp3) is 0.174. The van der Waals surface area contributed by atoms with Crippen LogP contribution in [-0.2, 0) is 4.79 Å².